The number of hydrogen-bond donors (Lipinski definition) is 2. The monoisotopic (exact) mass is 290 g/mol. The van der Waals surface area contributed by atoms with E-state index in [-0.39, 0.29) is 12.4 Å². The van der Waals surface area contributed by atoms with Gasteiger partial charge in [-0.25, -0.2) is 13.1 Å². The highest BCUT2D eigenvalue weighted by Crippen LogP contribution is 2.11. The van der Waals surface area contributed by atoms with Crippen LogP contribution in [0, 0.1) is 5.92 Å². The van der Waals surface area contributed by atoms with Crippen molar-refractivity contribution in [3.05, 3.63) is 30.3 Å². The lowest BCUT2D eigenvalue weighted by Gasteiger charge is -2.22. The molecule has 1 aromatic carbocycles. The van der Waals surface area contributed by atoms with Gasteiger partial charge in [-0.3, -0.25) is 0 Å². The lowest BCUT2D eigenvalue weighted by Crippen LogP contribution is -2.38. The van der Waals surface area contributed by atoms with E-state index in [0.717, 1.165) is 25.9 Å². The first kappa shape index (κ1) is 15.4. The van der Waals surface area contributed by atoms with E-state index in [1.54, 1.807) is 24.3 Å². The highest BCUT2D eigenvalue weighted by molar-refractivity contribution is 7.89. The maximum absolute atomic E-state index is 11.9. The number of hydrogen-bond acceptors (Lipinski definition) is 3. The molecule has 0 radical (unpaired) electrons. The van der Waals surface area contributed by atoms with Crippen LogP contribution in [0.2, 0.25) is 0 Å². The summed E-state index contributed by atoms with van der Waals surface area (Å²) >= 11 is 0. The van der Waals surface area contributed by atoms with Crippen LogP contribution in [0.3, 0.4) is 0 Å². The maximum atomic E-state index is 11.9. The van der Waals surface area contributed by atoms with Gasteiger partial charge in [-0.15, -0.1) is 12.4 Å². The van der Waals surface area contributed by atoms with Crippen LogP contribution in [0.5, 0.6) is 0 Å². The Bertz CT molecular complexity index is 444. The van der Waals surface area contributed by atoms with E-state index in [1.807, 2.05) is 6.07 Å². The Balaban J connectivity index is 0.00000162. The van der Waals surface area contributed by atoms with Crippen molar-refractivity contribution in [2.24, 2.45) is 5.92 Å². The molecule has 18 heavy (non-hydrogen) atoms. The van der Waals surface area contributed by atoms with Crippen LogP contribution < -0.4 is 10.0 Å². The molecule has 2 rings (SSSR count). The summed E-state index contributed by atoms with van der Waals surface area (Å²) < 4.78 is 26.6. The molecule has 1 heterocycles. The zero-order valence-corrected chi connectivity index (χ0v) is 11.8. The number of halogens is 1. The third-order valence-corrected chi connectivity index (χ3v) is 4.45. The second kappa shape index (κ2) is 7.09. The van der Waals surface area contributed by atoms with Crippen LogP contribution in [0.25, 0.3) is 0 Å². The lowest BCUT2D eigenvalue weighted by molar-refractivity contribution is 0.376. The van der Waals surface area contributed by atoms with Crippen molar-refractivity contribution in [2.75, 3.05) is 19.6 Å². The average molecular weight is 291 g/mol. The van der Waals surface area contributed by atoms with E-state index in [1.165, 1.54) is 0 Å². The number of sulfonamides is 1. The van der Waals surface area contributed by atoms with E-state index < -0.39 is 10.0 Å². The summed E-state index contributed by atoms with van der Waals surface area (Å²) in [5.74, 6) is 0.405. The van der Waals surface area contributed by atoms with E-state index >= 15 is 0 Å². The van der Waals surface area contributed by atoms with Gasteiger partial charge in [0.25, 0.3) is 0 Å². The molecule has 0 aliphatic carbocycles. The minimum atomic E-state index is -3.34. The zero-order chi connectivity index (χ0) is 12.1. The molecule has 1 saturated heterocycles. The maximum Gasteiger partial charge on any atom is 0.240 e. The minimum absolute atomic E-state index is 0. The average Bonchev–Trinajstić information content (AvgIpc) is 2.39. The summed E-state index contributed by atoms with van der Waals surface area (Å²) in [6, 6.07) is 8.50. The van der Waals surface area contributed by atoms with Crippen molar-refractivity contribution in [2.45, 2.75) is 17.7 Å². The van der Waals surface area contributed by atoms with Crippen LogP contribution in [0.4, 0.5) is 0 Å². The molecule has 1 aromatic rings. The predicted molar refractivity (Wildman–Crippen MR) is 74.5 cm³/mol. The molecule has 1 fully saturated rings. The molecule has 6 heteroatoms. The fourth-order valence-electron chi connectivity index (χ4n) is 2.01. The molecule has 0 spiro atoms. The molecule has 1 unspecified atom stereocenters. The van der Waals surface area contributed by atoms with Crippen molar-refractivity contribution >= 4 is 22.4 Å². The first-order valence-electron chi connectivity index (χ1n) is 5.94. The van der Waals surface area contributed by atoms with Crippen molar-refractivity contribution in [3.8, 4) is 0 Å². The van der Waals surface area contributed by atoms with Crippen LogP contribution in [0.15, 0.2) is 35.2 Å². The number of benzene rings is 1. The molecule has 0 aromatic heterocycles. The molecule has 1 atom stereocenters. The smallest absolute Gasteiger partial charge is 0.240 e. The Kier molecular flexibility index (Phi) is 6.08. The molecular formula is C12H19ClN2O2S. The van der Waals surface area contributed by atoms with Crippen LogP contribution in [-0.4, -0.2) is 28.1 Å². The summed E-state index contributed by atoms with van der Waals surface area (Å²) in [5.41, 5.74) is 0. The number of rotatable bonds is 4. The highest BCUT2D eigenvalue weighted by atomic mass is 35.5. The number of nitrogens with one attached hydrogen (secondary N) is 2. The predicted octanol–water partition coefficient (Wildman–Crippen LogP) is 1.39. The second-order valence-electron chi connectivity index (χ2n) is 4.38. The largest absolute Gasteiger partial charge is 0.316 e. The van der Waals surface area contributed by atoms with Gasteiger partial charge in [0.15, 0.2) is 0 Å². The second-order valence-corrected chi connectivity index (χ2v) is 6.14. The lowest BCUT2D eigenvalue weighted by atomic mass is 10.0. The molecule has 102 valence electrons. The number of piperidine rings is 1. The standard InChI is InChI=1S/C12H18N2O2S.ClH/c15-17(16,12-6-2-1-3-7-12)14-10-11-5-4-8-13-9-11;/h1-3,6-7,11,13-14H,4-5,8-10H2;1H. The van der Waals surface area contributed by atoms with Gasteiger partial charge in [0.1, 0.15) is 0 Å². The SMILES string of the molecule is Cl.O=S(=O)(NCC1CCCNC1)c1ccccc1. The molecule has 1 aliphatic heterocycles. The van der Waals surface area contributed by atoms with Gasteiger partial charge in [-0.2, -0.15) is 0 Å². The van der Waals surface area contributed by atoms with Gasteiger partial charge < -0.3 is 5.32 Å². The summed E-state index contributed by atoms with van der Waals surface area (Å²) in [5, 5.41) is 3.28. The van der Waals surface area contributed by atoms with Crippen LogP contribution >= 0.6 is 12.4 Å². The highest BCUT2D eigenvalue weighted by Gasteiger charge is 2.18. The topological polar surface area (TPSA) is 58.2 Å². The molecule has 0 saturated carbocycles. The van der Waals surface area contributed by atoms with E-state index in [4.69, 9.17) is 0 Å². The van der Waals surface area contributed by atoms with Crippen molar-refractivity contribution < 1.29 is 8.42 Å². The van der Waals surface area contributed by atoms with Crippen LogP contribution in [0.1, 0.15) is 12.8 Å². The van der Waals surface area contributed by atoms with Crippen molar-refractivity contribution in [1.82, 2.24) is 10.0 Å². The van der Waals surface area contributed by atoms with E-state index in [2.05, 4.69) is 10.0 Å². The van der Waals surface area contributed by atoms with Gasteiger partial charge in [-0.05, 0) is 44.0 Å². The Hall–Kier alpha value is -0.620. The van der Waals surface area contributed by atoms with Crippen molar-refractivity contribution in [1.29, 1.82) is 0 Å². The molecule has 1 aliphatic rings. The van der Waals surface area contributed by atoms with E-state index in [0.29, 0.717) is 17.4 Å². The Labute approximate surface area is 115 Å². The first-order chi connectivity index (χ1) is 8.18. The van der Waals surface area contributed by atoms with Gasteiger partial charge >= 0.3 is 0 Å². The Morgan fingerprint density at radius 2 is 2.00 bits per heavy atom. The van der Waals surface area contributed by atoms with Gasteiger partial charge in [0, 0.05) is 6.54 Å². The Morgan fingerprint density at radius 3 is 2.61 bits per heavy atom. The minimum Gasteiger partial charge on any atom is -0.316 e. The van der Waals surface area contributed by atoms with Gasteiger partial charge in [0.2, 0.25) is 10.0 Å². The summed E-state index contributed by atoms with van der Waals surface area (Å²) in [6.45, 7) is 2.46. The van der Waals surface area contributed by atoms with Crippen LogP contribution in [-0.2, 0) is 10.0 Å². The summed E-state index contributed by atoms with van der Waals surface area (Å²) in [7, 11) is -3.34. The van der Waals surface area contributed by atoms with Gasteiger partial charge in [-0.1, -0.05) is 18.2 Å². The fraction of sp³-hybridized carbons (Fsp3) is 0.500. The first-order valence-corrected chi connectivity index (χ1v) is 7.42. The molecular weight excluding hydrogens is 272 g/mol. The molecule has 4 nitrogen and oxygen atoms in total. The quantitative estimate of drug-likeness (QED) is 0.881. The van der Waals surface area contributed by atoms with Crippen molar-refractivity contribution in [3.63, 3.8) is 0 Å². The van der Waals surface area contributed by atoms with Gasteiger partial charge in [0.05, 0.1) is 4.90 Å². The third-order valence-electron chi connectivity index (χ3n) is 3.01. The molecule has 2 N–H and O–H groups in total. The normalized spacial score (nSPS) is 20.1. The fourth-order valence-corrected chi connectivity index (χ4v) is 3.15. The van der Waals surface area contributed by atoms with E-state index in [9.17, 15) is 8.42 Å². The summed E-state index contributed by atoms with van der Waals surface area (Å²) in [6.07, 6.45) is 2.21. The Morgan fingerprint density at radius 1 is 1.28 bits per heavy atom. The summed E-state index contributed by atoms with van der Waals surface area (Å²) in [4.78, 5) is 0.337. The molecule has 0 amide bonds. The molecule has 0 bridgehead atoms. The zero-order valence-electron chi connectivity index (χ0n) is 10.1. The third kappa shape index (κ3) is 4.24.